The predicted molar refractivity (Wildman–Crippen MR) is 68.0 cm³/mol. The second kappa shape index (κ2) is 4.53. The van der Waals surface area contributed by atoms with Crippen molar-refractivity contribution in [3.05, 3.63) is 23.4 Å². The number of aromatic nitrogens is 1. The lowest BCUT2D eigenvalue weighted by molar-refractivity contribution is -0.117. The number of alkyl halides is 1. The third kappa shape index (κ3) is 2.26. The summed E-state index contributed by atoms with van der Waals surface area (Å²) < 4.78 is 0. The fraction of sp³-hybridized carbons (Fsp3) is 0.500. The average molecular weight is 283 g/mol. The number of carbonyl (C=O) groups is 1. The summed E-state index contributed by atoms with van der Waals surface area (Å²) in [7, 11) is 0. The topological polar surface area (TPSA) is 33.2 Å². The van der Waals surface area contributed by atoms with Crippen LogP contribution in [0.3, 0.4) is 0 Å². The maximum atomic E-state index is 11.8. The van der Waals surface area contributed by atoms with E-state index in [0.717, 1.165) is 29.0 Å². The Labute approximate surface area is 104 Å². The van der Waals surface area contributed by atoms with E-state index in [1.54, 1.807) is 4.90 Å². The molecule has 0 aromatic carbocycles. The summed E-state index contributed by atoms with van der Waals surface area (Å²) in [6.07, 6.45) is 0.625. The van der Waals surface area contributed by atoms with Crippen molar-refractivity contribution < 1.29 is 4.79 Å². The molecule has 2 heterocycles. The second-order valence-electron chi connectivity index (χ2n) is 4.37. The molecule has 1 unspecified atom stereocenters. The van der Waals surface area contributed by atoms with Crippen molar-refractivity contribution in [2.24, 2.45) is 5.92 Å². The van der Waals surface area contributed by atoms with Gasteiger partial charge >= 0.3 is 0 Å². The van der Waals surface area contributed by atoms with Crippen molar-refractivity contribution in [3.8, 4) is 0 Å². The molecule has 1 amide bonds. The fourth-order valence-corrected chi connectivity index (χ4v) is 2.50. The van der Waals surface area contributed by atoms with E-state index in [1.807, 2.05) is 26.0 Å². The van der Waals surface area contributed by atoms with Crippen LogP contribution in [0.25, 0.3) is 0 Å². The molecule has 16 heavy (non-hydrogen) atoms. The molecule has 1 saturated heterocycles. The molecule has 1 aromatic heterocycles. The maximum Gasteiger partial charge on any atom is 0.228 e. The quantitative estimate of drug-likeness (QED) is 0.781. The van der Waals surface area contributed by atoms with E-state index >= 15 is 0 Å². The minimum atomic E-state index is 0.182. The standard InChI is InChI=1S/C12H15BrN2O/c1-8-3-9(2)14-11(4-8)15-7-10(6-13)5-12(15)16/h3-4,10H,5-7H2,1-2H3. The number of anilines is 1. The fourth-order valence-electron chi connectivity index (χ4n) is 2.06. The molecule has 1 fully saturated rings. The summed E-state index contributed by atoms with van der Waals surface area (Å²) in [5, 5.41) is 0.875. The van der Waals surface area contributed by atoms with Crippen molar-refractivity contribution >= 4 is 27.7 Å². The van der Waals surface area contributed by atoms with E-state index in [2.05, 4.69) is 20.9 Å². The van der Waals surface area contributed by atoms with Gasteiger partial charge in [-0.3, -0.25) is 9.69 Å². The number of nitrogens with zero attached hydrogens (tertiary/aromatic N) is 2. The van der Waals surface area contributed by atoms with Crippen LogP contribution in [-0.4, -0.2) is 22.8 Å². The number of carbonyl (C=O) groups excluding carboxylic acids is 1. The SMILES string of the molecule is Cc1cc(C)nc(N2CC(CBr)CC2=O)c1. The van der Waals surface area contributed by atoms with Crippen molar-refractivity contribution in [3.63, 3.8) is 0 Å². The largest absolute Gasteiger partial charge is 0.296 e. The molecule has 0 radical (unpaired) electrons. The van der Waals surface area contributed by atoms with Crippen molar-refractivity contribution in [1.29, 1.82) is 0 Å². The van der Waals surface area contributed by atoms with E-state index in [9.17, 15) is 4.79 Å². The highest BCUT2D eigenvalue weighted by Crippen LogP contribution is 2.25. The normalized spacial score (nSPS) is 20.6. The number of pyridine rings is 1. The molecular formula is C12H15BrN2O. The van der Waals surface area contributed by atoms with Gasteiger partial charge in [0.25, 0.3) is 0 Å². The monoisotopic (exact) mass is 282 g/mol. The smallest absolute Gasteiger partial charge is 0.228 e. The summed E-state index contributed by atoms with van der Waals surface area (Å²) in [6.45, 7) is 4.76. The van der Waals surface area contributed by atoms with Gasteiger partial charge in [-0.2, -0.15) is 0 Å². The van der Waals surface area contributed by atoms with Crippen LogP contribution in [0.15, 0.2) is 12.1 Å². The Morgan fingerprint density at radius 1 is 1.50 bits per heavy atom. The lowest BCUT2D eigenvalue weighted by Gasteiger charge is -2.16. The first-order valence-corrected chi connectivity index (χ1v) is 6.54. The Balaban J connectivity index is 2.27. The Bertz CT molecular complexity index is 399. The molecule has 3 nitrogen and oxygen atoms in total. The van der Waals surface area contributed by atoms with Crippen molar-refractivity contribution in [2.75, 3.05) is 16.8 Å². The van der Waals surface area contributed by atoms with E-state index < -0.39 is 0 Å². The maximum absolute atomic E-state index is 11.8. The Morgan fingerprint density at radius 3 is 2.81 bits per heavy atom. The molecular weight excluding hydrogens is 268 g/mol. The molecule has 2 rings (SSSR count). The summed E-state index contributed by atoms with van der Waals surface area (Å²) in [6, 6.07) is 3.99. The molecule has 1 aliphatic heterocycles. The summed E-state index contributed by atoms with van der Waals surface area (Å²) in [5.74, 6) is 1.39. The van der Waals surface area contributed by atoms with E-state index in [4.69, 9.17) is 0 Å². The lowest BCUT2D eigenvalue weighted by atomic mass is 10.2. The van der Waals surface area contributed by atoms with Crippen LogP contribution < -0.4 is 4.90 Å². The van der Waals surface area contributed by atoms with E-state index in [-0.39, 0.29) is 5.91 Å². The Morgan fingerprint density at radius 2 is 2.25 bits per heavy atom. The first-order chi connectivity index (χ1) is 7.60. The van der Waals surface area contributed by atoms with Crippen LogP contribution in [0.5, 0.6) is 0 Å². The van der Waals surface area contributed by atoms with Gasteiger partial charge in [-0.25, -0.2) is 4.98 Å². The zero-order valence-corrected chi connectivity index (χ0v) is 11.1. The number of halogens is 1. The van der Waals surface area contributed by atoms with Gasteiger partial charge in [0.1, 0.15) is 5.82 Å². The van der Waals surface area contributed by atoms with Gasteiger partial charge < -0.3 is 0 Å². The lowest BCUT2D eigenvalue weighted by Crippen LogP contribution is -2.25. The van der Waals surface area contributed by atoms with Crippen LogP contribution in [0.4, 0.5) is 5.82 Å². The third-order valence-electron chi connectivity index (χ3n) is 2.78. The minimum absolute atomic E-state index is 0.182. The van der Waals surface area contributed by atoms with Crippen molar-refractivity contribution in [1.82, 2.24) is 4.98 Å². The summed E-state index contributed by atoms with van der Waals surface area (Å²) in [4.78, 5) is 18.1. The molecule has 1 aliphatic rings. The molecule has 0 saturated carbocycles. The first-order valence-electron chi connectivity index (χ1n) is 5.42. The van der Waals surface area contributed by atoms with Gasteiger partial charge in [0.2, 0.25) is 5.91 Å². The first kappa shape index (κ1) is 11.6. The molecule has 1 aromatic rings. The zero-order chi connectivity index (χ0) is 11.7. The van der Waals surface area contributed by atoms with Gasteiger partial charge in [-0.1, -0.05) is 15.9 Å². The van der Waals surface area contributed by atoms with Crippen LogP contribution in [-0.2, 0) is 4.79 Å². The highest BCUT2D eigenvalue weighted by atomic mass is 79.9. The molecule has 0 aliphatic carbocycles. The number of rotatable bonds is 2. The molecule has 1 atom stereocenters. The highest BCUT2D eigenvalue weighted by molar-refractivity contribution is 9.09. The third-order valence-corrected chi connectivity index (χ3v) is 3.70. The predicted octanol–water partition coefficient (Wildman–Crippen LogP) is 2.45. The van der Waals surface area contributed by atoms with Crippen LogP contribution in [0.1, 0.15) is 17.7 Å². The van der Waals surface area contributed by atoms with Gasteiger partial charge in [-0.15, -0.1) is 0 Å². The highest BCUT2D eigenvalue weighted by Gasteiger charge is 2.30. The molecule has 4 heteroatoms. The Hall–Kier alpha value is -0.900. The molecule has 0 N–H and O–H groups in total. The number of hydrogen-bond donors (Lipinski definition) is 0. The van der Waals surface area contributed by atoms with E-state index in [0.29, 0.717) is 12.3 Å². The van der Waals surface area contributed by atoms with Crippen LogP contribution in [0.2, 0.25) is 0 Å². The zero-order valence-electron chi connectivity index (χ0n) is 9.53. The molecule has 86 valence electrons. The van der Waals surface area contributed by atoms with Crippen LogP contribution in [0, 0.1) is 19.8 Å². The van der Waals surface area contributed by atoms with Gasteiger partial charge in [0.15, 0.2) is 0 Å². The van der Waals surface area contributed by atoms with E-state index in [1.165, 1.54) is 0 Å². The number of amides is 1. The van der Waals surface area contributed by atoms with Gasteiger partial charge in [0, 0.05) is 24.0 Å². The van der Waals surface area contributed by atoms with Crippen LogP contribution >= 0.6 is 15.9 Å². The number of aryl methyl sites for hydroxylation is 2. The number of hydrogen-bond acceptors (Lipinski definition) is 2. The second-order valence-corrected chi connectivity index (χ2v) is 5.02. The molecule has 0 spiro atoms. The summed E-state index contributed by atoms with van der Waals surface area (Å²) >= 11 is 3.43. The van der Waals surface area contributed by atoms with Crippen molar-refractivity contribution in [2.45, 2.75) is 20.3 Å². The average Bonchev–Trinajstić information content (AvgIpc) is 2.58. The minimum Gasteiger partial charge on any atom is -0.296 e. The van der Waals surface area contributed by atoms with Gasteiger partial charge in [0.05, 0.1) is 0 Å². The Kier molecular flexibility index (Phi) is 3.28. The van der Waals surface area contributed by atoms with Gasteiger partial charge in [-0.05, 0) is 37.5 Å². The molecule has 0 bridgehead atoms. The summed E-state index contributed by atoms with van der Waals surface area (Å²) in [5.41, 5.74) is 2.11.